The van der Waals surface area contributed by atoms with Crippen LogP contribution in [-0.2, 0) is 6.42 Å². The molecule has 1 saturated heterocycles. The van der Waals surface area contributed by atoms with Gasteiger partial charge in [0.05, 0.1) is 6.04 Å². The molecule has 6 heteroatoms. The Bertz CT molecular complexity index is 317. The van der Waals surface area contributed by atoms with Crippen LogP contribution < -0.4 is 5.73 Å². The quantitative estimate of drug-likeness (QED) is 0.802. The lowest BCUT2D eigenvalue weighted by Crippen LogP contribution is -2.33. The number of aromatic nitrogens is 2. The van der Waals surface area contributed by atoms with Crippen LogP contribution in [0.5, 0.6) is 0 Å². The van der Waals surface area contributed by atoms with Gasteiger partial charge in [0.25, 0.3) is 0 Å². The molecule has 1 unspecified atom stereocenters. The molecular formula is C9H16N4OS. The normalized spacial score (nSPS) is 23.2. The van der Waals surface area contributed by atoms with Gasteiger partial charge in [-0.1, -0.05) is 5.16 Å². The van der Waals surface area contributed by atoms with Gasteiger partial charge in [-0.05, 0) is 7.05 Å². The van der Waals surface area contributed by atoms with Crippen LogP contribution in [0.4, 0.5) is 0 Å². The summed E-state index contributed by atoms with van der Waals surface area (Å²) in [6, 6.07) is 0.291. The van der Waals surface area contributed by atoms with Crippen molar-refractivity contribution in [1.82, 2.24) is 15.0 Å². The molecule has 2 N–H and O–H groups in total. The van der Waals surface area contributed by atoms with Crippen LogP contribution in [0.2, 0.25) is 0 Å². The molecule has 1 fully saturated rings. The summed E-state index contributed by atoms with van der Waals surface area (Å²) in [5.74, 6) is 3.67. The molecule has 1 aliphatic rings. The van der Waals surface area contributed by atoms with E-state index in [1.807, 2.05) is 11.8 Å². The lowest BCUT2D eigenvalue weighted by atomic mass is 10.3. The zero-order chi connectivity index (χ0) is 10.7. The molecule has 5 nitrogen and oxygen atoms in total. The van der Waals surface area contributed by atoms with Crippen molar-refractivity contribution in [2.24, 2.45) is 5.73 Å². The zero-order valence-electron chi connectivity index (χ0n) is 8.85. The SMILES string of the molecule is CN1CCSCC1c1noc(CCN)n1. The van der Waals surface area contributed by atoms with Crippen molar-refractivity contribution in [3.05, 3.63) is 11.7 Å². The van der Waals surface area contributed by atoms with E-state index in [0.717, 1.165) is 18.1 Å². The zero-order valence-corrected chi connectivity index (χ0v) is 9.66. The van der Waals surface area contributed by atoms with Crippen LogP contribution in [0.15, 0.2) is 4.52 Å². The van der Waals surface area contributed by atoms with Gasteiger partial charge in [-0.15, -0.1) is 0 Å². The van der Waals surface area contributed by atoms with Gasteiger partial charge in [0.1, 0.15) is 0 Å². The minimum absolute atomic E-state index is 0.291. The predicted molar refractivity (Wildman–Crippen MR) is 59.8 cm³/mol. The summed E-state index contributed by atoms with van der Waals surface area (Å²) in [4.78, 5) is 6.63. The number of nitrogens with two attached hydrogens (primary N) is 1. The first-order valence-corrected chi connectivity index (χ1v) is 6.27. The minimum atomic E-state index is 0.291. The van der Waals surface area contributed by atoms with Gasteiger partial charge in [-0.3, -0.25) is 4.90 Å². The monoisotopic (exact) mass is 228 g/mol. The van der Waals surface area contributed by atoms with Crippen molar-refractivity contribution in [3.8, 4) is 0 Å². The third-order valence-electron chi connectivity index (χ3n) is 2.54. The van der Waals surface area contributed by atoms with Crippen molar-refractivity contribution in [1.29, 1.82) is 0 Å². The van der Waals surface area contributed by atoms with Gasteiger partial charge in [0.15, 0.2) is 5.82 Å². The van der Waals surface area contributed by atoms with Crippen LogP contribution in [0.3, 0.4) is 0 Å². The van der Waals surface area contributed by atoms with Gasteiger partial charge in [0.2, 0.25) is 5.89 Å². The van der Waals surface area contributed by atoms with Crippen LogP contribution >= 0.6 is 11.8 Å². The number of thioether (sulfide) groups is 1. The van der Waals surface area contributed by atoms with Crippen molar-refractivity contribution < 1.29 is 4.52 Å². The molecule has 0 bridgehead atoms. The highest BCUT2D eigenvalue weighted by atomic mass is 32.2. The highest BCUT2D eigenvalue weighted by Crippen LogP contribution is 2.26. The van der Waals surface area contributed by atoms with E-state index in [0.29, 0.717) is 24.9 Å². The van der Waals surface area contributed by atoms with Gasteiger partial charge in [-0.2, -0.15) is 16.7 Å². The van der Waals surface area contributed by atoms with Gasteiger partial charge in [-0.25, -0.2) is 0 Å². The summed E-state index contributed by atoms with van der Waals surface area (Å²) in [7, 11) is 2.10. The Kier molecular flexibility index (Phi) is 3.61. The first kappa shape index (κ1) is 10.9. The molecule has 1 atom stereocenters. The number of rotatable bonds is 3. The minimum Gasteiger partial charge on any atom is -0.339 e. The maximum atomic E-state index is 5.43. The highest BCUT2D eigenvalue weighted by Gasteiger charge is 2.25. The number of hydrogen-bond donors (Lipinski definition) is 1. The molecule has 0 spiro atoms. The summed E-state index contributed by atoms with van der Waals surface area (Å²) < 4.78 is 5.13. The van der Waals surface area contributed by atoms with E-state index in [2.05, 4.69) is 22.1 Å². The average Bonchev–Trinajstić information content (AvgIpc) is 2.68. The molecule has 1 aliphatic heterocycles. The summed E-state index contributed by atoms with van der Waals surface area (Å²) in [6.45, 7) is 1.63. The second-order valence-electron chi connectivity index (χ2n) is 3.66. The van der Waals surface area contributed by atoms with E-state index in [1.165, 1.54) is 5.75 Å². The van der Waals surface area contributed by atoms with Crippen molar-refractivity contribution in [2.75, 3.05) is 31.6 Å². The first-order chi connectivity index (χ1) is 7.31. The topological polar surface area (TPSA) is 68.2 Å². The second-order valence-corrected chi connectivity index (χ2v) is 4.81. The van der Waals surface area contributed by atoms with Crippen LogP contribution in [0.25, 0.3) is 0 Å². The molecule has 15 heavy (non-hydrogen) atoms. The van der Waals surface area contributed by atoms with E-state index in [4.69, 9.17) is 10.3 Å². The van der Waals surface area contributed by atoms with Crippen LogP contribution in [0, 0.1) is 0 Å². The van der Waals surface area contributed by atoms with Crippen molar-refractivity contribution in [2.45, 2.75) is 12.5 Å². The summed E-state index contributed by atoms with van der Waals surface area (Å²) >= 11 is 1.94. The Morgan fingerprint density at radius 1 is 1.67 bits per heavy atom. The van der Waals surface area contributed by atoms with E-state index >= 15 is 0 Å². The largest absolute Gasteiger partial charge is 0.339 e. The number of nitrogens with zero attached hydrogens (tertiary/aromatic N) is 3. The third kappa shape index (κ3) is 2.50. The van der Waals surface area contributed by atoms with Crippen molar-refractivity contribution in [3.63, 3.8) is 0 Å². The smallest absolute Gasteiger partial charge is 0.227 e. The van der Waals surface area contributed by atoms with Crippen molar-refractivity contribution >= 4 is 11.8 Å². The molecule has 2 heterocycles. The van der Waals surface area contributed by atoms with E-state index in [1.54, 1.807) is 0 Å². The Morgan fingerprint density at radius 3 is 3.27 bits per heavy atom. The molecule has 0 aliphatic carbocycles. The number of hydrogen-bond acceptors (Lipinski definition) is 6. The Morgan fingerprint density at radius 2 is 2.53 bits per heavy atom. The molecule has 0 radical (unpaired) electrons. The van der Waals surface area contributed by atoms with E-state index in [-0.39, 0.29) is 0 Å². The maximum Gasteiger partial charge on any atom is 0.227 e. The van der Waals surface area contributed by atoms with Crippen LogP contribution in [-0.4, -0.2) is 46.7 Å². The molecular weight excluding hydrogens is 212 g/mol. The lowest BCUT2D eigenvalue weighted by Gasteiger charge is -2.29. The summed E-state index contributed by atoms with van der Waals surface area (Å²) in [5.41, 5.74) is 5.43. The lowest BCUT2D eigenvalue weighted by molar-refractivity contribution is 0.256. The standard InChI is InChI=1S/C9H16N4OS/c1-13-4-5-15-6-7(13)9-11-8(2-3-10)14-12-9/h7H,2-6,10H2,1H3. The maximum absolute atomic E-state index is 5.43. The molecule has 0 aromatic carbocycles. The fourth-order valence-corrected chi connectivity index (χ4v) is 2.80. The van der Waals surface area contributed by atoms with Gasteiger partial charge < -0.3 is 10.3 Å². The predicted octanol–water partition coefficient (Wildman–Crippen LogP) is 0.290. The second kappa shape index (κ2) is 4.96. The summed E-state index contributed by atoms with van der Waals surface area (Å²) in [6.07, 6.45) is 0.663. The Labute approximate surface area is 93.4 Å². The molecule has 84 valence electrons. The van der Waals surface area contributed by atoms with Crippen LogP contribution in [0.1, 0.15) is 17.8 Å². The first-order valence-electron chi connectivity index (χ1n) is 5.12. The molecule has 1 aromatic heterocycles. The van der Waals surface area contributed by atoms with E-state index < -0.39 is 0 Å². The van der Waals surface area contributed by atoms with Gasteiger partial charge >= 0.3 is 0 Å². The van der Waals surface area contributed by atoms with Gasteiger partial charge in [0, 0.05) is 31.0 Å². The highest BCUT2D eigenvalue weighted by molar-refractivity contribution is 7.99. The van der Waals surface area contributed by atoms with E-state index in [9.17, 15) is 0 Å². The fraction of sp³-hybridized carbons (Fsp3) is 0.778. The fourth-order valence-electron chi connectivity index (χ4n) is 1.59. The third-order valence-corrected chi connectivity index (χ3v) is 3.56. The molecule has 2 rings (SSSR count). The average molecular weight is 228 g/mol. The Hall–Kier alpha value is -0.590. The molecule has 0 saturated carbocycles. The Balaban J connectivity index is 2.06. The molecule has 1 aromatic rings. The molecule has 0 amide bonds. The summed E-state index contributed by atoms with van der Waals surface area (Å²) in [5, 5.41) is 4.01.